The fraction of sp³-hybridized carbons (Fsp3) is 0.533. The Morgan fingerprint density at radius 3 is 2.15 bits per heavy atom. The summed E-state index contributed by atoms with van der Waals surface area (Å²) < 4.78 is 15.4. The SMILES string of the molecule is COC(C)C(=O)OC(C)C(C)/C=C(C)/C=C\C=C/C(=O)NC(C(=O)N/C=C\CC(C/C=C(\C)Cl)OC(N)=O)C(C)C. The van der Waals surface area contributed by atoms with Gasteiger partial charge in [-0.15, -0.1) is 0 Å². The molecule has 5 atom stereocenters. The molecular formula is C30H46ClN3O7. The number of primary amides is 1. The monoisotopic (exact) mass is 595 g/mol. The van der Waals surface area contributed by atoms with E-state index >= 15 is 0 Å². The van der Waals surface area contributed by atoms with Gasteiger partial charge in [0.05, 0.1) is 0 Å². The molecule has 0 aromatic rings. The Kier molecular flexibility index (Phi) is 18.8. The van der Waals surface area contributed by atoms with Crippen LogP contribution in [0.25, 0.3) is 0 Å². The van der Waals surface area contributed by atoms with Gasteiger partial charge in [-0.25, -0.2) is 9.59 Å². The van der Waals surface area contributed by atoms with Gasteiger partial charge in [0.25, 0.3) is 0 Å². The fourth-order valence-corrected chi connectivity index (χ4v) is 3.37. The molecule has 0 saturated carbocycles. The van der Waals surface area contributed by atoms with Gasteiger partial charge < -0.3 is 30.6 Å². The molecule has 0 aromatic heterocycles. The zero-order valence-corrected chi connectivity index (χ0v) is 26.1. The second-order valence-electron chi connectivity index (χ2n) is 9.97. The summed E-state index contributed by atoms with van der Waals surface area (Å²) in [6.45, 7) is 12.6. The molecule has 0 bridgehead atoms. The van der Waals surface area contributed by atoms with Gasteiger partial charge >= 0.3 is 12.1 Å². The third-order valence-electron chi connectivity index (χ3n) is 5.91. The number of ether oxygens (including phenoxy) is 3. The second-order valence-corrected chi connectivity index (χ2v) is 10.6. The van der Waals surface area contributed by atoms with Crippen molar-refractivity contribution < 1.29 is 33.4 Å². The predicted molar refractivity (Wildman–Crippen MR) is 161 cm³/mol. The average Bonchev–Trinajstić information content (AvgIpc) is 2.89. The summed E-state index contributed by atoms with van der Waals surface area (Å²) >= 11 is 5.83. The van der Waals surface area contributed by atoms with Gasteiger partial charge in [0, 0.05) is 37.0 Å². The zero-order chi connectivity index (χ0) is 31.5. The van der Waals surface area contributed by atoms with Crippen LogP contribution >= 0.6 is 11.6 Å². The molecule has 0 spiro atoms. The molecular weight excluding hydrogens is 550 g/mol. The second kappa shape index (κ2) is 20.5. The molecule has 0 aliphatic rings. The molecule has 0 aromatic carbocycles. The first-order valence-corrected chi connectivity index (χ1v) is 13.9. The quantitative estimate of drug-likeness (QED) is 0.124. The first-order valence-electron chi connectivity index (χ1n) is 13.5. The van der Waals surface area contributed by atoms with Crippen LogP contribution in [0, 0.1) is 11.8 Å². The number of hydrogen-bond donors (Lipinski definition) is 3. The Hall–Kier alpha value is -3.37. The summed E-state index contributed by atoms with van der Waals surface area (Å²) in [5.74, 6) is -1.43. The lowest BCUT2D eigenvalue weighted by atomic mass is 10.0. The van der Waals surface area contributed by atoms with Crippen LogP contribution in [-0.4, -0.2) is 55.3 Å². The first-order chi connectivity index (χ1) is 19.2. The van der Waals surface area contributed by atoms with Crippen LogP contribution in [0.5, 0.6) is 0 Å². The number of allylic oxidation sites excluding steroid dienone is 5. The molecule has 11 heteroatoms. The third kappa shape index (κ3) is 17.8. The molecule has 0 aliphatic heterocycles. The number of carbonyl (C=O) groups is 4. The van der Waals surface area contributed by atoms with Gasteiger partial charge in [0.1, 0.15) is 18.2 Å². The van der Waals surface area contributed by atoms with Gasteiger partial charge in [-0.1, -0.05) is 74.4 Å². The van der Waals surface area contributed by atoms with Crippen LogP contribution < -0.4 is 16.4 Å². The van der Waals surface area contributed by atoms with E-state index in [1.54, 1.807) is 38.2 Å². The number of amides is 3. The predicted octanol–water partition coefficient (Wildman–Crippen LogP) is 4.81. The lowest BCUT2D eigenvalue weighted by Gasteiger charge is -2.20. The number of nitrogens with one attached hydrogen (secondary N) is 2. The largest absolute Gasteiger partial charge is 0.460 e. The molecule has 0 rings (SSSR count). The molecule has 0 heterocycles. The summed E-state index contributed by atoms with van der Waals surface area (Å²) in [5, 5.41) is 5.91. The number of hydrogen-bond acceptors (Lipinski definition) is 7. The number of carbonyl (C=O) groups excluding carboxylic acids is 4. The van der Waals surface area contributed by atoms with E-state index in [4.69, 9.17) is 31.5 Å². The smallest absolute Gasteiger partial charge is 0.404 e. The Bertz CT molecular complexity index is 1010. The number of nitrogens with two attached hydrogens (primary N) is 1. The van der Waals surface area contributed by atoms with E-state index in [1.165, 1.54) is 19.4 Å². The maximum absolute atomic E-state index is 12.7. The number of esters is 1. The lowest BCUT2D eigenvalue weighted by Crippen LogP contribution is -2.48. The molecule has 0 saturated heterocycles. The Balaban J connectivity index is 4.94. The van der Waals surface area contributed by atoms with Crippen LogP contribution in [0.1, 0.15) is 61.3 Å². The highest BCUT2D eigenvalue weighted by Gasteiger charge is 2.23. The average molecular weight is 596 g/mol. The van der Waals surface area contributed by atoms with E-state index in [9.17, 15) is 19.2 Å². The Morgan fingerprint density at radius 2 is 1.59 bits per heavy atom. The zero-order valence-electron chi connectivity index (χ0n) is 25.3. The summed E-state index contributed by atoms with van der Waals surface area (Å²) in [6.07, 6.45) is 11.5. The van der Waals surface area contributed by atoms with E-state index in [1.807, 2.05) is 46.8 Å². The minimum atomic E-state index is -0.899. The normalized spacial score (nSPS) is 16.4. The summed E-state index contributed by atoms with van der Waals surface area (Å²) in [7, 11) is 1.45. The van der Waals surface area contributed by atoms with Crippen molar-refractivity contribution >= 4 is 35.5 Å². The molecule has 0 aliphatic carbocycles. The molecule has 230 valence electrons. The highest BCUT2D eigenvalue weighted by Crippen LogP contribution is 2.14. The van der Waals surface area contributed by atoms with E-state index in [2.05, 4.69) is 10.6 Å². The van der Waals surface area contributed by atoms with Crippen molar-refractivity contribution in [1.29, 1.82) is 0 Å². The Labute approximate surface area is 249 Å². The van der Waals surface area contributed by atoms with Crippen molar-refractivity contribution in [2.24, 2.45) is 17.6 Å². The van der Waals surface area contributed by atoms with Gasteiger partial charge in [0.2, 0.25) is 11.8 Å². The first kappa shape index (κ1) is 37.6. The lowest BCUT2D eigenvalue weighted by molar-refractivity contribution is -0.160. The molecule has 41 heavy (non-hydrogen) atoms. The summed E-state index contributed by atoms with van der Waals surface area (Å²) in [5.41, 5.74) is 6.03. The van der Waals surface area contributed by atoms with E-state index in [0.29, 0.717) is 17.9 Å². The molecule has 0 radical (unpaired) electrons. The maximum Gasteiger partial charge on any atom is 0.404 e. The van der Waals surface area contributed by atoms with Crippen LogP contribution in [-0.2, 0) is 28.6 Å². The van der Waals surface area contributed by atoms with Gasteiger partial charge in [-0.05, 0) is 39.8 Å². The van der Waals surface area contributed by atoms with Crippen molar-refractivity contribution in [1.82, 2.24) is 10.6 Å². The molecule has 3 amide bonds. The third-order valence-corrected chi connectivity index (χ3v) is 6.06. The van der Waals surface area contributed by atoms with Gasteiger partial charge in [-0.3, -0.25) is 9.59 Å². The standard InChI is InChI=1S/C30H46ClN3O7/c1-19(2)27(28(36)33-17-11-13-25(41-30(32)38)16-15-22(5)31)34-26(35)14-10-9-12-20(3)18-21(4)23(6)40-29(37)24(7)39-8/h9-12,14-15,17-19,21,23-25,27H,13,16H2,1-8H3,(H2,32,38)(H,33,36)(H,34,35)/b12-9-,14-10-,17-11-,20-18+,22-15+. The van der Waals surface area contributed by atoms with Crippen molar-refractivity contribution in [2.75, 3.05) is 7.11 Å². The van der Waals surface area contributed by atoms with Crippen molar-refractivity contribution in [3.05, 3.63) is 59.3 Å². The van der Waals surface area contributed by atoms with Crippen LogP contribution in [0.4, 0.5) is 4.79 Å². The molecule has 5 unspecified atom stereocenters. The van der Waals surface area contributed by atoms with Crippen LogP contribution in [0.15, 0.2) is 59.3 Å². The van der Waals surface area contributed by atoms with Gasteiger partial charge in [0.15, 0.2) is 6.10 Å². The van der Waals surface area contributed by atoms with E-state index in [0.717, 1.165) is 5.57 Å². The molecule has 0 fully saturated rings. The van der Waals surface area contributed by atoms with Crippen LogP contribution in [0.3, 0.4) is 0 Å². The highest BCUT2D eigenvalue weighted by atomic mass is 35.5. The van der Waals surface area contributed by atoms with Crippen molar-refractivity contribution in [3.63, 3.8) is 0 Å². The summed E-state index contributed by atoms with van der Waals surface area (Å²) in [6, 6.07) is -0.771. The number of rotatable bonds is 17. The molecule has 4 N–H and O–H groups in total. The number of halogens is 1. The Morgan fingerprint density at radius 1 is 0.951 bits per heavy atom. The number of methoxy groups -OCH3 is 1. The maximum atomic E-state index is 12.7. The van der Waals surface area contributed by atoms with E-state index in [-0.39, 0.29) is 23.8 Å². The van der Waals surface area contributed by atoms with E-state index < -0.39 is 36.2 Å². The van der Waals surface area contributed by atoms with Crippen molar-refractivity contribution in [3.8, 4) is 0 Å². The highest BCUT2D eigenvalue weighted by molar-refractivity contribution is 6.29. The topological polar surface area (TPSA) is 146 Å². The van der Waals surface area contributed by atoms with Gasteiger partial charge in [-0.2, -0.15) is 0 Å². The minimum Gasteiger partial charge on any atom is -0.460 e. The van der Waals surface area contributed by atoms with Crippen molar-refractivity contribution in [2.45, 2.75) is 85.7 Å². The fourth-order valence-electron chi connectivity index (χ4n) is 3.28. The van der Waals surface area contributed by atoms with Crippen LogP contribution in [0.2, 0.25) is 0 Å². The minimum absolute atomic E-state index is 0.0347. The summed E-state index contributed by atoms with van der Waals surface area (Å²) in [4.78, 5) is 48.1. The molecule has 10 nitrogen and oxygen atoms in total.